The Morgan fingerprint density at radius 2 is 1.73 bits per heavy atom. The first kappa shape index (κ1) is 10.6. The maximum atomic E-state index is 9.08. The molecule has 1 nitrogen and oxygen atoms in total. The Morgan fingerprint density at radius 1 is 1.20 bits per heavy atom. The van der Waals surface area contributed by atoms with Crippen molar-refractivity contribution in [3.8, 4) is 6.07 Å². The van der Waals surface area contributed by atoms with E-state index in [1.165, 1.54) is 21.6 Å². The number of hydrogen-bond acceptors (Lipinski definition) is 2. The fourth-order valence-electron chi connectivity index (χ4n) is 1.87. The molecular weight excluding hydrogens is 202 g/mol. The van der Waals surface area contributed by atoms with E-state index in [1.54, 1.807) is 11.8 Å². The van der Waals surface area contributed by atoms with E-state index in [-0.39, 0.29) is 4.75 Å². The third kappa shape index (κ3) is 2.03. The van der Waals surface area contributed by atoms with Crippen LogP contribution in [0.15, 0.2) is 17.0 Å². The molecule has 0 aromatic heterocycles. The highest BCUT2D eigenvalue weighted by Gasteiger charge is 2.44. The van der Waals surface area contributed by atoms with Crippen molar-refractivity contribution >= 4 is 11.8 Å². The zero-order valence-electron chi connectivity index (χ0n) is 9.42. The van der Waals surface area contributed by atoms with Gasteiger partial charge in [0.1, 0.15) is 4.75 Å². The zero-order valence-corrected chi connectivity index (χ0v) is 10.2. The van der Waals surface area contributed by atoms with Crippen LogP contribution in [0.3, 0.4) is 0 Å². The van der Waals surface area contributed by atoms with Gasteiger partial charge in [0.15, 0.2) is 0 Å². The molecule has 0 saturated heterocycles. The molecular formula is C13H15NS. The summed E-state index contributed by atoms with van der Waals surface area (Å²) in [6.07, 6.45) is 2.09. The molecule has 1 aliphatic carbocycles. The molecule has 1 aromatic rings. The van der Waals surface area contributed by atoms with Crippen molar-refractivity contribution in [1.82, 2.24) is 0 Å². The summed E-state index contributed by atoms with van der Waals surface area (Å²) in [5.41, 5.74) is 3.91. The van der Waals surface area contributed by atoms with Gasteiger partial charge in [0.25, 0.3) is 0 Å². The highest BCUT2D eigenvalue weighted by Crippen LogP contribution is 2.52. The van der Waals surface area contributed by atoms with Crippen molar-refractivity contribution in [2.45, 2.75) is 43.3 Å². The van der Waals surface area contributed by atoms with E-state index in [0.29, 0.717) is 0 Å². The van der Waals surface area contributed by atoms with Crippen LogP contribution >= 0.6 is 11.8 Å². The van der Waals surface area contributed by atoms with E-state index in [4.69, 9.17) is 5.26 Å². The largest absolute Gasteiger partial charge is 0.197 e. The Hall–Kier alpha value is -0.940. The highest BCUT2D eigenvalue weighted by atomic mass is 32.2. The van der Waals surface area contributed by atoms with Crippen LogP contribution in [0.25, 0.3) is 0 Å². The van der Waals surface area contributed by atoms with Crippen LogP contribution in [0.2, 0.25) is 0 Å². The van der Waals surface area contributed by atoms with E-state index < -0.39 is 0 Å². The molecule has 2 heteroatoms. The quantitative estimate of drug-likeness (QED) is 0.753. The van der Waals surface area contributed by atoms with Gasteiger partial charge in [0.05, 0.1) is 6.07 Å². The maximum Gasteiger partial charge on any atom is 0.107 e. The second-order valence-corrected chi connectivity index (χ2v) is 5.83. The van der Waals surface area contributed by atoms with Crippen LogP contribution in [-0.2, 0) is 0 Å². The summed E-state index contributed by atoms with van der Waals surface area (Å²) >= 11 is 1.76. The van der Waals surface area contributed by atoms with Crippen molar-refractivity contribution in [2.24, 2.45) is 0 Å². The number of aryl methyl sites for hydroxylation is 3. The summed E-state index contributed by atoms with van der Waals surface area (Å²) in [5, 5.41) is 9.08. The summed E-state index contributed by atoms with van der Waals surface area (Å²) in [5.74, 6) is 0. The Balaban J connectivity index is 2.33. The van der Waals surface area contributed by atoms with Crippen LogP contribution < -0.4 is 0 Å². The monoisotopic (exact) mass is 217 g/mol. The standard InChI is InChI=1S/C13H15NS/c1-9-6-10(2)12(11(3)7-9)15-13(8-14)4-5-13/h6-7H,4-5H2,1-3H3. The summed E-state index contributed by atoms with van der Waals surface area (Å²) in [7, 11) is 0. The van der Waals surface area contributed by atoms with Crippen molar-refractivity contribution in [2.75, 3.05) is 0 Å². The molecule has 2 rings (SSSR count). The zero-order chi connectivity index (χ0) is 11.1. The number of nitrogens with zero attached hydrogens (tertiary/aromatic N) is 1. The first-order valence-corrected chi connectivity index (χ1v) is 6.06. The molecule has 1 aliphatic rings. The third-order valence-corrected chi connectivity index (χ3v) is 4.55. The average Bonchev–Trinajstić information content (AvgIpc) is 2.92. The number of benzene rings is 1. The van der Waals surface area contributed by atoms with Gasteiger partial charge in [-0.1, -0.05) is 17.7 Å². The van der Waals surface area contributed by atoms with Crippen LogP contribution in [0.4, 0.5) is 0 Å². The fraction of sp³-hybridized carbons (Fsp3) is 0.462. The predicted molar refractivity (Wildman–Crippen MR) is 64.1 cm³/mol. The average molecular weight is 217 g/mol. The molecule has 0 amide bonds. The summed E-state index contributed by atoms with van der Waals surface area (Å²) < 4.78 is -0.106. The lowest BCUT2D eigenvalue weighted by Gasteiger charge is -2.13. The second-order valence-electron chi connectivity index (χ2n) is 4.44. The van der Waals surface area contributed by atoms with Gasteiger partial charge in [-0.2, -0.15) is 5.26 Å². The lowest BCUT2D eigenvalue weighted by atomic mass is 10.1. The normalized spacial score (nSPS) is 17.2. The fourth-order valence-corrected chi connectivity index (χ4v) is 3.06. The van der Waals surface area contributed by atoms with E-state index >= 15 is 0 Å². The second kappa shape index (κ2) is 3.57. The first-order chi connectivity index (χ1) is 7.06. The molecule has 0 radical (unpaired) electrons. The molecule has 0 bridgehead atoms. The minimum atomic E-state index is -0.106. The molecule has 1 aromatic carbocycles. The van der Waals surface area contributed by atoms with Crippen molar-refractivity contribution in [3.05, 3.63) is 28.8 Å². The Kier molecular flexibility index (Phi) is 2.52. The lowest BCUT2D eigenvalue weighted by Crippen LogP contribution is -1.99. The van der Waals surface area contributed by atoms with Gasteiger partial charge >= 0.3 is 0 Å². The van der Waals surface area contributed by atoms with E-state index in [1.807, 2.05) is 0 Å². The molecule has 0 aliphatic heterocycles. The SMILES string of the molecule is Cc1cc(C)c(SC2(C#N)CC2)c(C)c1. The molecule has 1 saturated carbocycles. The lowest BCUT2D eigenvalue weighted by molar-refractivity contribution is 1.14. The molecule has 1 fully saturated rings. The predicted octanol–water partition coefficient (Wildman–Crippen LogP) is 3.76. The molecule has 15 heavy (non-hydrogen) atoms. The summed E-state index contributed by atoms with van der Waals surface area (Å²) in [6.45, 7) is 6.39. The van der Waals surface area contributed by atoms with Gasteiger partial charge in [0.2, 0.25) is 0 Å². The summed E-state index contributed by atoms with van der Waals surface area (Å²) in [4.78, 5) is 1.31. The van der Waals surface area contributed by atoms with E-state index in [9.17, 15) is 0 Å². The van der Waals surface area contributed by atoms with Gasteiger partial charge in [-0.05, 0) is 44.7 Å². The van der Waals surface area contributed by atoms with Gasteiger partial charge in [-0.15, -0.1) is 11.8 Å². The summed E-state index contributed by atoms with van der Waals surface area (Å²) in [6, 6.07) is 6.83. The first-order valence-electron chi connectivity index (χ1n) is 5.24. The van der Waals surface area contributed by atoms with Crippen LogP contribution in [0.5, 0.6) is 0 Å². The highest BCUT2D eigenvalue weighted by molar-refractivity contribution is 8.01. The molecule has 0 spiro atoms. The molecule has 0 N–H and O–H groups in total. The van der Waals surface area contributed by atoms with Crippen molar-refractivity contribution in [1.29, 1.82) is 5.26 Å². The smallest absolute Gasteiger partial charge is 0.107 e. The van der Waals surface area contributed by atoms with Crippen LogP contribution in [-0.4, -0.2) is 4.75 Å². The van der Waals surface area contributed by atoms with Gasteiger partial charge in [-0.3, -0.25) is 0 Å². The molecule has 0 heterocycles. The molecule has 78 valence electrons. The van der Waals surface area contributed by atoms with E-state index in [2.05, 4.69) is 39.0 Å². The Morgan fingerprint density at radius 3 is 2.13 bits per heavy atom. The Labute approximate surface area is 95.5 Å². The topological polar surface area (TPSA) is 23.8 Å². The van der Waals surface area contributed by atoms with Crippen molar-refractivity contribution < 1.29 is 0 Å². The number of nitriles is 1. The van der Waals surface area contributed by atoms with Crippen LogP contribution in [0.1, 0.15) is 29.5 Å². The number of rotatable bonds is 2. The Bertz CT molecular complexity index is 415. The van der Waals surface area contributed by atoms with Gasteiger partial charge in [-0.25, -0.2) is 0 Å². The van der Waals surface area contributed by atoms with Gasteiger partial charge < -0.3 is 0 Å². The minimum Gasteiger partial charge on any atom is -0.197 e. The van der Waals surface area contributed by atoms with Crippen molar-refractivity contribution in [3.63, 3.8) is 0 Å². The van der Waals surface area contributed by atoms with Crippen LogP contribution in [0, 0.1) is 32.1 Å². The van der Waals surface area contributed by atoms with E-state index in [0.717, 1.165) is 12.8 Å². The molecule has 0 atom stereocenters. The number of thioether (sulfide) groups is 1. The van der Waals surface area contributed by atoms with Gasteiger partial charge in [0, 0.05) is 4.90 Å². The molecule has 0 unspecified atom stereocenters. The third-order valence-electron chi connectivity index (χ3n) is 2.81. The maximum absolute atomic E-state index is 9.08. The number of hydrogen-bond donors (Lipinski definition) is 0. The minimum absolute atomic E-state index is 0.106.